The van der Waals surface area contributed by atoms with E-state index in [0.717, 1.165) is 62.0 Å². The normalized spacial score (nSPS) is 13.1. The summed E-state index contributed by atoms with van der Waals surface area (Å²) < 4.78 is 0. The van der Waals surface area contributed by atoms with Crippen LogP contribution in [-0.2, 0) is 6.54 Å². The summed E-state index contributed by atoms with van der Waals surface area (Å²) in [7, 11) is 4.10. The van der Waals surface area contributed by atoms with Gasteiger partial charge in [-0.25, -0.2) is 0 Å². The van der Waals surface area contributed by atoms with Crippen molar-refractivity contribution in [3.05, 3.63) is 105 Å². The van der Waals surface area contributed by atoms with Gasteiger partial charge in [0, 0.05) is 45.9 Å². The Balaban J connectivity index is 1.78. The van der Waals surface area contributed by atoms with Crippen LogP contribution in [0.15, 0.2) is 67.3 Å². The van der Waals surface area contributed by atoms with Crippen LogP contribution in [0.4, 0.5) is 0 Å². The summed E-state index contributed by atoms with van der Waals surface area (Å²) in [6.45, 7) is 13.2. The molecule has 4 aromatic rings. The Morgan fingerprint density at radius 2 is 2.06 bits per heavy atom. The van der Waals surface area contributed by atoms with Crippen molar-refractivity contribution >= 4 is 34.6 Å². The Morgan fingerprint density at radius 3 is 2.74 bits per heavy atom. The Morgan fingerprint density at radius 1 is 1.23 bits per heavy atom. The number of aromatic amines is 2. The first-order valence-electron chi connectivity index (χ1n) is 11.5. The lowest BCUT2D eigenvalue weighted by Gasteiger charge is -2.10. The van der Waals surface area contributed by atoms with E-state index in [1.54, 1.807) is 11.3 Å². The summed E-state index contributed by atoms with van der Waals surface area (Å²) in [6, 6.07) is 8.51. The molecule has 4 aromatic heterocycles. The minimum absolute atomic E-state index is 0.828. The number of rotatable bonds is 8. The van der Waals surface area contributed by atoms with Gasteiger partial charge in [0.2, 0.25) is 0 Å². The second-order valence-electron chi connectivity index (χ2n) is 8.69. The number of nitrogens with one attached hydrogen (secondary N) is 2. The van der Waals surface area contributed by atoms with Gasteiger partial charge in [-0.2, -0.15) is 5.10 Å². The van der Waals surface area contributed by atoms with E-state index in [9.17, 15) is 0 Å². The molecule has 0 aromatic carbocycles. The molecule has 0 atom stereocenters. The van der Waals surface area contributed by atoms with Crippen LogP contribution >= 0.6 is 11.3 Å². The fourth-order valence-electron chi connectivity index (χ4n) is 4.13. The summed E-state index contributed by atoms with van der Waals surface area (Å²) in [6.07, 6.45) is 11.8. The van der Waals surface area contributed by atoms with E-state index in [-0.39, 0.29) is 0 Å². The first-order chi connectivity index (χ1) is 16.9. The highest BCUT2D eigenvalue weighted by Gasteiger charge is 2.15. The Labute approximate surface area is 210 Å². The average Bonchev–Trinajstić information content (AvgIpc) is 3.57. The standard InChI is InChI=1S/C29H31N5S/c1-7-10-23(28-11-9-12-35-28)24-15-27(31-20(24)4)29-25(26(8-2)32-33-29)13-19(3)22-14-21(16-30-17-22)18-34(5)6/h7-17,31-32H,1,3,18H2,2,4-6H3/b23-10+,25-13+,26-8+. The Bertz CT molecular complexity index is 1500. The van der Waals surface area contributed by atoms with Gasteiger partial charge in [-0.1, -0.05) is 37.5 Å². The van der Waals surface area contributed by atoms with Crippen molar-refractivity contribution in [2.45, 2.75) is 20.4 Å². The molecule has 4 rings (SSSR count). The SMILES string of the molecule is C=C/C=C(/c1cccs1)c1cc(-c2n[nH]c(=C/C)/c2=C\C(=C)c2cncc(CN(C)C)c2)[nH]c1C. The lowest BCUT2D eigenvalue weighted by atomic mass is 10.0. The molecule has 0 unspecified atom stereocenters. The molecule has 5 nitrogen and oxygen atoms in total. The van der Waals surface area contributed by atoms with Crippen LogP contribution in [0.1, 0.15) is 34.2 Å². The average molecular weight is 482 g/mol. The van der Waals surface area contributed by atoms with Crippen LogP contribution in [0.2, 0.25) is 0 Å². The summed E-state index contributed by atoms with van der Waals surface area (Å²) in [5, 5.41) is 11.9. The fourth-order valence-corrected chi connectivity index (χ4v) is 4.89. The zero-order chi connectivity index (χ0) is 24.9. The van der Waals surface area contributed by atoms with Gasteiger partial charge in [-0.05, 0) is 74.3 Å². The van der Waals surface area contributed by atoms with Crippen molar-refractivity contribution < 1.29 is 0 Å². The van der Waals surface area contributed by atoms with Crippen molar-refractivity contribution in [1.29, 1.82) is 0 Å². The molecule has 0 saturated carbocycles. The molecule has 2 N–H and O–H groups in total. The molecule has 178 valence electrons. The highest BCUT2D eigenvalue weighted by Crippen LogP contribution is 2.31. The number of H-pyrrole nitrogens is 2. The zero-order valence-corrected chi connectivity index (χ0v) is 21.5. The van der Waals surface area contributed by atoms with E-state index in [2.05, 4.69) is 101 Å². The van der Waals surface area contributed by atoms with Crippen LogP contribution in [0, 0.1) is 6.92 Å². The van der Waals surface area contributed by atoms with Crippen LogP contribution in [0.3, 0.4) is 0 Å². The number of hydrogen-bond donors (Lipinski definition) is 2. The van der Waals surface area contributed by atoms with Gasteiger partial charge in [0.1, 0.15) is 5.69 Å². The number of aryl methyl sites for hydroxylation is 1. The second kappa shape index (κ2) is 10.7. The van der Waals surface area contributed by atoms with Gasteiger partial charge in [-0.3, -0.25) is 10.1 Å². The van der Waals surface area contributed by atoms with Crippen molar-refractivity contribution in [2.75, 3.05) is 14.1 Å². The van der Waals surface area contributed by atoms with Crippen molar-refractivity contribution in [1.82, 2.24) is 25.1 Å². The Kier molecular flexibility index (Phi) is 7.44. The number of nitrogens with zero attached hydrogens (tertiary/aromatic N) is 3. The van der Waals surface area contributed by atoms with E-state index in [4.69, 9.17) is 0 Å². The highest BCUT2D eigenvalue weighted by molar-refractivity contribution is 7.11. The predicted octanol–water partition coefficient (Wildman–Crippen LogP) is 5.14. The number of aromatic nitrogens is 4. The van der Waals surface area contributed by atoms with E-state index >= 15 is 0 Å². The van der Waals surface area contributed by atoms with Crippen molar-refractivity contribution in [3.63, 3.8) is 0 Å². The lowest BCUT2D eigenvalue weighted by molar-refractivity contribution is 0.402. The lowest BCUT2D eigenvalue weighted by Crippen LogP contribution is -2.23. The third-order valence-corrected chi connectivity index (χ3v) is 6.64. The maximum atomic E-state index is 4.66. The minimum Gasteiger partial charge on any atom is -0.357 e. The third-order valence-electron chi connectivity index (χ3n) is 5.74. The molecule has 0 aliphatic rings. The number of pyridine rings is 1. The quantitative estimate of drug-likeness (QED) is 0.343. The van der Waals surface area contributed by atoms with Crippen LogP contribution in [0.25, 0.3) is 34.7 Å². The molecule has 0 saturated heterocycles. The maximum Gasteiger partial charge on any atom is 0.116 e. The molecule has 4 heterocycles. The number of allylic oxidation sites excluding steroid dienone is 3. The fraction of sp³-hybridized carbons (Fsp3) is 0.172. The van der Waals surface area contributed by atoms with Crippen molar-refractivity contribution in [3.8, 4) is 11.4 Å². The van der Waals surface area contributed by atoms with E-state index in [1.165, 1.54) is 4.88 Å². The van der Waals surface area contributed by atoms with E-state index in [0.29, 0.717) is 0 Å². The zero-order valence-electron chi connectivity index (χ0n) is 20.7. The van der Waals surface area contributed by atoms with Crippen LogP contribution < -0.4 is 10.6 Å². The molecule has 35 heavy (non-hydrogen) atoms. The minimum atomic E-state index is 0.828. The van der Waals surface area contributed by atoms with E-state index in [1.807, 2.05) is 31.5 Å². The first-order valence-corrected chi connectivity index (χ1v) is 12.4. The molecule has 0 fully saturated rings. The highest BCUT2D eigenvalue weighted by atomic mass is 32.1. The molecule has 0 amide bonds. The van der Waals surface area contributed by atoms with E-state index < -0.39 is 0 Å². The van der Waals surface area contributed by atoms with Gasteiger partial charge in [-0.15, -0.1) is 11.3 Å². The largest absolute Gasteiger partial charge is 0.357 e. The summed E-state index contributed by atoms with van der Waals surface area (Å²) in [4.78, 5) is 11.3. The van der Waals surface area contributed by atoms with Gasteiger partial charge in [0.15, 0.2) is 0 Å². The molecule has 0 aliphatic carbocycles. The molecular weight excluding hydrogens is 450 g/mol. The number of thiophene rings is 1. The third kappa shape index (κ3) is 5.34. The molecule has 6 heteroatoms. The smallest absolute Gasteiger partial charge is 0.116 e. The molecule has 0 bridgehead atoms. The molecular formula is C29H31N5S. The first kappa shape index (κ1) is 24.4. The van der Waals surface area contributed by atoms with Crippen LogP contribution in [-0.4, -0.2) is 39.2 Å². The van der Waals surface area contributed by atoms with Gasteiger partial charge < -0.3 is 9.88 Å². The molecule has 0 radical (unpaired) electrons. The summed E-state index contributed by atoms with van der Waals surface area (Å²) in [5.74, 6) is 0. The summed E-state index contributed by atoms with van der Waals surface area (Å²) >= 11 is 1.72. The molecule has 0 aliphatic heterocycles. The van der Waals surface area contributed by atoms with Gasteiger partial charge >= 0.3 is 0 Å². The van der Waals surface area contributed by atoms with Crippen molar-refractivity contribution in [2.24, 2.45) is 0 Å². The van der Waals surface area contributed by atoms with Gasteiger partial charge in [0.25, 0.3) is 0 Å². The number of hydrogen-bond acceptors (Lipinski definition) is 4. The maximum absolute atomic E-state index is 4.66. The topological polar surface area (TPSA) is 60.6 Å². The van der Waals surface area contributed by atoms with Crippen LogP contribution in [0.5, 0.6) is 0 Å². The summed E-state index contributed by atoms with van der Waals surface area (Å²) in [5.41, 5.74) is 8.20. The second-order valence-corrected chi connectivity index (χ2v) is 9.64. The van der Waals surface area contributed by atoms with Gasteiger partial charge in [0.05, 0.1) is 11.0 Å². The Hall–Kier alpha value is -3.74. The monoisotopic (exact) mass is 481 g/mol. The molecule has 0 spiro atoms. The predicted molar refractivity (Wildman–Crippen MR) is 149 cm³/mol.